The van der Waals surface area contributed by atoms with Gasteiger partial charge in [0.15, 0.2) is 0 Å². The highest BCUT2D eigenvalue weighted by Crippen LogP contribution is 2.28. The van der Waals surface area contributed by atoms with Crippen LogP contribution in [0.5, 0.6) is 0 Å². The van der Waals surface area contributed by atoms with Crippen LogP contribution >= 0.6 is 0 Å². The number of hydrogen-bond donors (Lipinski definition) is 2. The molecule has 0 radical (unpaired) electrons. The Morgan fingerprint density at radius 3 is 2.04 bits per heavy atom. The number of sulfonamides is 1. The summed E-state index contributed by atoms with van der Waals surface area (Å²) in [5.74, 6) is -2.64. The Labute approximate surface area is 149 Å². The van der Waals surface area contributed by atoms with E-state index in [0.29, 0.717) is 31.7 Å². The van der Waals surface area contributed by atoms with E-state index in [-0.39, 0.29) is 22.1 Å². The molecule has 0 aliphatic heterocycles. The van der Waals surface area contributed by atoms with Crippen molar-refractivity contribution in [2.75, 3.05) is 0 Å². The second kappa shape index (κ2) is 7.38. The molecule has 0 heterocycles. The second-order valence-corrected chi connectivity index (χ2v) is 8.11. The third-order valence-electron chi connectivity index (χ3n) is 4.49. The summed E-state index contributed by atoms with van der Waals surface area (Å²) in [6.07, 6.45) is 1.59. The average Bonchev–Trinajstić information content (AvgIpc) is 2.57. The molecule has 2 N–H and O–H groups in total. The van der Waals surface area contributed by atoms with Crippen LogP contribution in [0.25, 0.3) is 11.1 Å². The maximum atomic E-state index is 14.4. The highest BCUT2D eigenvalue weighted by atomic mass is 32.2. The minimum atomic E-state index is -3.94. The van der Waals surface area contributed by atoms with Crippen LogP contribution in [0.2, 0.25) is 0 Å². The highest BCUT2D eigenvalue weighted by molar-refractivity contribution is 7.89. The summed E-state index contributed by atoms with van der Waals surface area (Å²) in [4.78, 5) is -0.271. The summed E-state index contributed by atoms with van der Waals surface area (Å²) < 4.78 is 68.6. The topological polar surface area (TPSA) is 66.4 Å². The van der Waals surface area contributed by atoms with Crippen molar-refractivity contribution in [1.82, 2.24) is 4.72 Å². The van der Waals surface area contributed by atoms with Crippen molar-refractivity contribution < 1.29 is 26.7 Å². The molecule has 3 rings (SSSR count). The van der Waals surface area contributed by atoms with Gasteiger partial charge in [0.25, 0.3) is 0 Å². The Hall–Kier alpha value is -1.90. The van der Waals surface area contributed by atoms with E-state index in [2.05, 4.69) is 4.72 Å². The van der Waals surface area contributed by atoms with E-state index >= 15 is 0 Å². The van der Waals surface area contributed by atoms with Crippen LogP contribution in [0.3, 0.4) is 0 Å². The van der Waals surface area contributed by atoms with E-state index in [0.717, 1.165) is 24.3 Å². The van der Waals surface area contributed by atoms with Gasteiger partial charge in [-0.2, -0.15) is 0 Å². The molecule has 1 fully saturated rings. The maximum Gasteiger partial charge on any atom is 0.240 e. The quantitative estimate of drug-likeness (QED) is 0.848. The zero-order chi connectivity index (χ0) is 18.9. The SMILES string of the molecule is O=S(=O)(N[C@H]1CC[C@@H](O)CC1)c1ccc(-c2ccc(F)cc2F)c(F)c1. The monoisotopic (exact) mass is 385 g/mol. The lowest BCUT2D eigenvalue weighted by Crippen LogP contribution is -2.38. The van der Waals surface area contributed by atoms with Crippen LogP contribution in [0, 0.1) is 17.5 Å². The molecule has 1 saturated carbocycles. The van der Waals surface area contributed by atoms with Crippen molar-refractivity contribution in [1.29, 1.82) is 0 Å². The third kappa shape index (κ3) is 4.08. The molecule has 0 amide bonds. The van der Waals surface area contributed by atoms with Crippen LogP contribution in [-0.4, -0.2) is 25.7 Å². The van der Waals surface area contributed by atoms with Gasteiger partial charge >= 0.3 is 0 Å². The summed E-state index contributed by atoms with van der Waals surface area (Å²) in [6, 6.07) is 5.58. The molecule has 0 atom stereocenters. The molecule has 0 bridgehead atoms. The molecule has 0 spiro atoms. The zero-order valence-corrected chi connectivity index (χ0v) is 14.6. The molecule has 26 heavy (non-hydrogen) atoms. The molecule has 8 heteroatoms. The summed E-state index contributed by atoms with van der Waals surface area (Å²) in [5, 5.41) is 9.48. The Bertz CT molecular complexity index is 910. The van der Waals surface area contributed by atoms with Crippen molar-refractivity contribution >= 4 is 10.0 Å². The lowest BCUT2D eigenvalue weighted by atomic mass is 9.94. The zero-order valence-electron chi connectivity index (χ0n) is 13.8. The highest BCUT2D eigenvalue weighted by Gasteiger charge is 2.25. The molecule has 0 saturated heterocycles. The molecule has 140 valence electrons. The Balaban J connectivity index is 1.84. The summed E-state index contributed by atoms with van der Waals surface area (Å²) in [5.41, 5.74) is -0.302. The first-order valence-electron chi connectivity index (χ1n) is 8.21. The van der Waals surface area contributed by atoms with Crippen LogP contribution < -0.4 is 4.72 Å². The summed E-state index contributed by atoms with van der Waals surface area (Å²) >= 11 is 0. The maximum absolute atomic E-state index is 14.4. The van der Waals surface area contributed by atoms with Crippen molar-refractivity contribution in [3.05, 3.63) is 53.8 Å². The van der Waals surface area contributed by atoms with Crippen molar-refractivity contribution in [3.8, 4) is 11.1 Å². The van der Waals surface area contributed by atoms with Crippen LogP contribution in [0.1, 0.15) is 25.7 Å². The van der Waals surface area contributed by atoms with Crippen LogP contribution in [0.15, 0.2) is 41.3 Å². The Morgan fingerprint density at radius 1 is 0.885 bits per heavy atom. The number of aliphatic hydroxyl groups excluding tert-OH is 1. The van der Waals surface area contributed by atoms with Gasteiger partial charge in [0.2, 0.25) is 10.0 Å². The normalized spacial score (nSPS) is 20.9. The van der Waals surface area contributed by atoms with Gasteiger partial charge in [-0.15, -0.1) is 0 Å². The lowest BCUT2D eigenvalue weighted by Gasteiger charge is -2.26. The lowest BCUT2D eigenvalue weighted by molar-refractivity contribution is 0.120. The molecule has 4 nitrogen and oxygen atoms in total. The molecule has 0 unspecified atom stereocenters. The third-order valence-corrected chi connectivity index (χ3v) is 6.01. The molecular formula is C18H18F3NO3S. The van der Waals surface area contributed by atoms with Crippen LogP contribution in [0.4, 0.5) is 13.2 Å². The van der Waals surface area contributed by atoms with Crippen molar-refractivity contribution in [3.63, 3.8) is 0 Å². The molecule has 2 aromatic carbocycles. The van der Waals surface area contributed by atoms with Gasteiger partial charge in [0.05, 0.1) is 11.0 Å². The molecule has 0 aromatic heterocycles. The van der Waals surface area contributed by atoms with Gasteiger partial charge in [-0.25, -0.2) is 26.3 Å². The number of aliphatic hydroxyl groups is 1. The predicted molar refractivity (Wildman–Crippen MR) is 90.3 cm³/mol. The molecule has 1 aliphatic rings. The average molecular weight is 385 g/mol. The first kappa shape index (κ1) is 18.9. The second-order valence-electron chi connectivity index (χ2n) is 6.39. The van der Waals surface area contributed by atoms with Crippen molar-refractivity contribution in [2.24, 2.45) is 0 Å². The van der Waals surface area contributed by atoms with E-state index in [4.69, 9.17) is 0 Å². The largest absolute Gasteiger partial charge is 0.393 e. The number of hydrogen-bond acceptors (Lipinski definition) is 3. The van der Waals surface area contributed by atoms with Gasteiger partial charge in [-0.1, -0.05) is 0 Å². The fourth-order valence-corrected chi connectivity index (χ4v) is 4.39. The number of halogens is 3. The standard InChI is InChI=1S/C18H18F3NO3S/c19-11-1-7-15(17(20)9-11)16-8-6-14(10-18(16)21)26(24,25)22-12-2-4-13(23)5-3-12/h1,6-10,12-13,22-23H,2-5H2/t12-,13+. The number of nitrogens with one attached hydrogen (secondary N) is 1. The van der Waals surface area contributed by atoms with Gasteiger partial charge in [-0.3, -0.25) is 0 Å². The minimum Gasteiger partial charge on any atom is -0.393 e. The number of benzene rings is 2. The van der Waals surface area contributed by atoms with Gasteiger partial charge < -0.3 is 5.11 Å². The Kier molecular flexibility index (Phi) is 5.36. The molecular weight excluding hydrogens is 367 g/mol. The van der Waals surface area contributed by atoms with Gasteiger partial charge in [0, 0.05) is 23.2 Å². The molecule has 1 aliphatic carbocycles. The van der Waals surface area contributed by atoms with E-state index in [1.165, 1.54) is 6.07 Å². The van der Waals surface area contributed by atoms with Gasteiger partial charge in [-0.05, 0) is 56.0 Å². The minimum absolute atomic E-state index is 0.151. The van der Waals surface area contributed by atoms with Crippen LogP contribution in [-0.2, 0) is 10.0 Å². The smallest absolute Gasteiger partial charge is 0.240 e. The van der Waals surface area contributed by atoms with Crippen molar-refractivity contribution in [2.45, 2.75) is 42.7 Å². The van der Waals surface area contributed by atoms with Gasteiger partial charge in [0.1, 0.15) is 17.5 Å². The summed E-state index contributed by atoms with van der Waals surface area (Å²) in [7, 11) is -3.94. The fourth-order valence-electron chi connectivity index (χ4n) is 3.07. The number of rotatable bonds is 4. The predicted octanol–water partition coefficient (Wildman–Crippen LogP) is 3.35. The summed E-state index contributed by atoms with van der Waals surface area (Å²) in [6.45, 7) is 0. The van der Waals surface area contributed by atoms with E-state index < -0.39 is 33.6 Å². The van der Waals surface area contributed by atoms with E-state index in [1.807, 2.05) is 0 Å². The van der Waals surface area contributed by atoms with E-state index in [9.17, 15) is 26.7 Å². The molecule has 2 aromatic rings. The first-order chi connectivity index (χ1) is 12.3. The first-order valence-corrected chi connectivity index (χ1v) is 9.70. The fraction of sp³-hybridized carbons (Fsp3) is 0.333. The van der Waals surface area contributed by atoms with E-state index in [1.54, 1.807) is 0 Å². The Morgan fingerprint density at radius 2 is 1.46 bits per heavy atom.